The molecule has 0 aliphatic rings. The molecule has 24 heavy (non-hydrogen) atoms. The van der Waals surface area contributed by atoms with Gasteiger partial charge in [-0.3, -0.25) is 4.28 Å². The molecule has 2 aromatic rings. The van der Waals surface area contributed by atoms with E-state index in [1.165, 1.54) is 12.1 Å². The molecule has 0 atom stereocenters. The Labute approximate surface area is 144 Å². The molecule has 0 N–H and O–H groups in total. The molecule has 2 aromatic carbocycles. The smallest absolute Gasteiger partial charge is 0.264 e. The molecular formula is C19H23NO3S. The van der Waals surface area contributed by atoms with Gasteiger partial charge < -0.3 is 0 Å². The van der Waals surface area contributed by atoms with E-state index in [0.29, 0.717) is 18.1 Å². The van der Waals surface area contributed by atoms with Crippen molar-refractivity contribution < 1.29 is 12.7 Å². The maximum absolute atomic E-state index is 12.3. The Morgan fingerprint density at radius 2 is 1.67 bits per heavy atom. The quantitative estimate of drug-likeness (QED) is 0.547. The predicted molar refractivity (Wildman–Crippen MR) is 96.5 cm³/mol. The zero-order valence-corrected chi connectivity index (χ0v) is 15.1. The summed E-state index contributed by atoms with van der Waals surface area (Å²) in [5, 5.41) is 3.97. The zero-order valence-electron chi connectivity index (χ0n) is 14.3. The first kappa shape index (κ1) is 18.2. The summed E-state index contributed by atoms with van der Waals surface area (Å²) in [6, 6.07) is 16.0. The van der Waals surface area contributed by atoms with Gasteiger partial charge in [0.25, 0.3) is 0 Å². The van der Waals surface area contributed by atoms with Crippen LogP contribution >= 0.6 is 0 Å². The van der Waals surface area contributed by atoms with E-state index in [9.17, 15) is 8.42 Å². The monoisotopic (exact) mass is 345 g/mol. The first-order valence-corrected chi connectivity index (χ1v) is 9.42. The number of oxime groups is 1. The molecule has 0 unspecified atom stereocenters. The van der Waals surface area contributed by atoms with Crippen LogP contribution in [-0.4, -0.2) is 14.1 Å². The SMILES string of the molecule is Cc1ccc(S(=O)(=O)ON=C(CCC(C)C)c2ccccc2)cc1. The largest absolute Gasteiger partial charge is 0.358 e. The van der Waals surface area contributed by atoms with Crippen molar-refractivity contribution in [1.29, 1.82) is 0 Å². The lowest BCUT2D eigenvalue weighted by Gasteiger charge is -2.09. The molecule has 0 radical (unpaired) electrons. The Hall–Kier alpha value is -2.14. The van der Waals surface area contributed by atoms with Crippen molar-refractivity contribution in [2.45, 2.75) is 38.5 Å². The lowest BCUT2D eigenvalue weighted by molar-refractivity contribution is 0.337. The van der Waals surface area contributed by atoms with Crippen LogP contribution in [0.5, 0.6) is 0 Å². The highest BCUT2D eigenvalue weighted by atomic mass is 32.2. The van der Waals surface area contributed by atoms with E-state index in [-0.39, 0.29) is 4.90 Å². The van der Waals surface area contributed by atoms with Crippen molar-refractivity contribution in [3.05, 3.63) is 65.7 Å². The summed E-state index contributed by atoms with van der Waals surface area (Å²) in [6.45, 7) is 6.13. The van der Waals surface area contributed by atoms with Crippen LogP contribution in [-0.2, 0) is 14.4 Å². The van der Waals surface area contributed by atoms with Gasteiger partial charge in [0, 0.05) is 0 Å². The predicted octanol–water partition coefficient (Wildman–Crippen LogP) is 4.54. The Kier molecular flexibility index (Phi) is 6.15. The van der Waals surface area contributed by atoms with Gasteiger partial charge in [-0.05, 0) is 43.4 Å². The van der Waals surface area contributed by atoms with Gasteiger partial charge in [-0.2, -0.15) is 8.42 Å². The van der Waals surface area contributed by atoms with Gasteiger partial charge in [-0.1, -0.05) is 67.0 Å². The van der Waals surface area contributed by atoms with E-state index < -0.39 is 10.1 Å². The second-order valence-corrected chi connectivity index (χ2v) is 7.71. The minimum Gasteiger partial charge on any atom is -0.264 e. The van der Waals surface area contributed by atoms with E-state index in [1.54, 1.807) is 12.1 Å². The van der Waals surface area contributed by atoms with E-state index >= 15 is 0 Å². The zero-order chi connectivity index (χ0) is 17.6. The highest BCUT2D eigenvalue weighted by Gasteiger charge is 2.16. The average Bonchev–Trinajstić information content (AvgIpc) is 2.56. The molecule has 128 valence electrons. The standard InChI is InChI=1S/C19H23NO3S/c1-15(2)9-14-19(17-7-5-4-6-8-17)20-23-24(21,22)18-12-10-16(3)11-13-18/h4-8,10-13,15H,9,14H2,1-3H3. The van der Waals surface area contributed by atoms with Gasteiger partial charge in [0.05, 0.1) is 5.71 Å². The van der Waals surface area contributed by atoms with E-state index in [2.05, 4.69) is 19.0 Å². The number of hydrogen-bond donors (Lipinski definition) is 0. The van der Waals surface area contributed by atoms with Gasteiger partial charge in [-0.15, -0.1) is 0 Å². The summed E-state index contributed by atoms with van der Waals surface area (Å²) in [7, 11) is -3.91. The third-order valence-corrected chi connectivity index (χ3v) is 4.74. The molecule has 5 heteroatoms. The fraction of sp³-hybridized carbons (Fsp3) is 0.316. The lowest BCUT2D eigenvalue weighted by atomic mass is 10.0. The highest BCUT2D eigenvalue weighted by Crippen LogP contribution is 2.16. The molecule has 0 heterocycles. The molecule has 0 aliphatic carbocycles. The third-order valence-electron chi connectivity index (χ3n) is 3.62. The Balaban J connectivity index is 2.24. The van der Waals surface area contributed by atoms with E-state index in [1.807, 2.05) is 37.3 Å². The highest BCUT2D eigenvalue weighted by molar-refractivity contribution is 7.86. The first-order valence-electron chi connectivity index (χ1n) is 8.01. The summed E-state index contributed by atoms with van der Waals surface area (Å²) in [6.07, 6.45) is 1.56. The Morgan fingerprint density at radius 1 is 1.04 bits per heavy atom. The fourth-order valence-electron chi connectivity index (χ4n) is 2.14. The van der Waals surface area contributed by atoms with Gasteiger partial charge in [-0.25, -0.2) is 0 Å². The number of hydrogen-bond acceptors (Lipinski definition) is 4. The van der Waals surface area contributed by atoms with E-state index in [0.717, 1.165) is 17.5 Å². The Morgan fingerprint density at radius 3 is 2.25 bits per heavy atom. The van der Waals surface area contributed by atoms with Crippen molar-refractivity contribution in [1.82, 2.24) is 0 Å². The van der Waals surface area contributed by atoms with Crippen LogP contribution in [0.3, 0.4) is 0 Å². The first-order chi connectivity index (χ1) is 11.4. The molecule has 0 bridgehead atoms. The van der Waals surface area contributed by atoms with Crippen LogP contribution in [0.4, 0.5) is 0 Å². The number of aryl methyl sites for hydroxylation is 1. The molecule has 0 amide bonds. The van der Waals surface area contributed by atoms with Crippen molar-refractivity contribution >= 4 is 15.8 Å². The van der Waals surface area contributed by atoms with Gasteiger partial charge >= 0.3 is 10.1 Å². The van der Waals surface area contributed by atoms with Crippen molar-refractivity contribution in [2.24, 2.45) is 11.1 Å². The molecule has 0 aromatic heterocycles. The normalized spacial score (nSPS) is 12.4. The number of benzene rings is 2. The second kappa shape index (κ2) is 8.11. The van der Waals surface area contributed by atoms with E-state index in [4.69, 9.17) is 4.28 Å². The van der Waals surface area contributed by atoms with Crippen LogP contribution in [0.25, 0.3) is 0 Å². The molecule has 4 nitrogen and oxygen atoms in total. The fourth-order valence-corrected chi connectivity index (χ4v) is 2.88. The minimum atomic E-state index is -3.91. The maximum Gasteiger partial charge on any atom is 0.358 e. The summed E-state index contributed by atoms with van der Waals surface area (Å²) in [5.74, 6) is 0.493. The van der Waals surface area contributed by atoms with Gasteiger partial charge in [0.15, 0.2) is 0 Å². The van der Waals surface area contributed by atoms with Crippen molar-refractivity contribution in [3.8, 4) is 0 Å². The molecule has 0 saturated heterocycles. The van der Waals surface area contributed by atoms with Crippen molar-refractivity contribution in [2.75, 3.05) is 0 Å². The minimum absolute atomic E-state index is 0.105. The molecular weight excluding hydrogens is 322 g/mol. The maximum atomic E-state index is 12.3. The van der Waals surface area contributed by atoms with Crippen molar-refractivity contribution in [3.63, 3.8) is 0 Å². The third kappa shape index (κ3) is 5.20. The molecule has 0 fully saturated rings. The average molecular weight is 345 g/mol. The van der Waals surface area contributed by atoms with Crippen LogP contribution in [0, 0.1) is 12.8 Å². The molecule has 0 saturated carbocycles. The van der Waals surface area contributed by atoms with Crippen LogP contribution in [0.15, 0.2) is 64.6 Å². The summed E-state index contributed by atoms with van der Waals surface area (Å²) < 4.78 is 29.5. The summed E-state index contributed by atoms with van der Waals surface area (Å²) in [5.41, 5.74) is 2.50. The topological polar surface area (TPSA) is 55.7 Å². The number of nitrogens with zero attached hydrogens (tertiary/aromatic N) is 1. The second-order valence-electron chi connectivity index (χ2n) is 6.18. The van der Waals surface area contributed by atoms with Crippen LogP contribution < -0.4 is 0 Å². The van der Waals surface area contributed by atoms with Crippen LogP contribution in [0.2, 0.25) is 0 Å². The number of rotatable bonds is 7. The van der Waals surface area contributed by atoms with Gasteiger partial charge in [0.2, 0.25) is 0 Å². The molecule has 0 aliphatic heterocycles. The Bertz CT molecular complexity index is 779. The van der Waals surface area contributed by atoms with Crippen LogP contribution in [0.1, 0.15) is 37.8 Å². The summed E-state index contributed by atoms with van der Waals surface area (Å²) >= 11 is 0. The summed E-state index contributed by atoms with van der Waals surface area (Å²) in [4.78, 5) is 0.105. The lowest BCUT2D eigenvalue weighted by Crippen LogP contribution is -2.08. The molecule has 2 rings (SSSR count). The molecule has 0 spiro atoms. The van der Waals surface area contributed by atoms with Gasteiger partial charge in [0.1, 0.15) is 4.90 Å².